The van der Waals surface area contributed by atoms with Crippen molar-refractivity contribution in [1.82, 2.24) is 0 Å². The number of aliphatic hydroxyl groups is 1. The Bertz CT molecular complexity index is 194. The van der Waals surface area contributed by atoms with Gasteiger partial charge >= 0.3 is 0 Å². The SMILES string of the molecule is CCC(O)CC([C@H](C)C(C)(C)C)C(C)(C)C. The second-order valence-electron chi connectivity index (χ2n) is 7.42. The lowest BCUT2D eigenvalue weighted by atomic mass is 9.63. The van der Waals surface area contributed by atoms with Crippen molar-refractivity contribution in [2.75, 3.05) is 0 Å². The smallest absolute Gasteiger partial charge is 0.0540 e. The van der Waals surface area contributed by atoms with Crippen LogP contribution in [0.2, 0.25) is 0 Å². The maximum absolute atomic E-state index is 9.91. The number of aliphatic hydroxyl groups excluding tert-OH is 1. The van der Waals surface area contributed by atoms with Gasteiger partial charge in [-0.2, -0.15) is 0 Å². The maximum atomic E-state index is 9.91. The molecule has 0 aromatic carbocycles. The average molecular weight is 228 g/mol. The summed E-state index contributed by atoms with van der Waals surface area (Å²) >= 11 is 0. The molecule has 0 fully saturated rings. The molecule has 0 aliphatic heterocycles. The van der Waals surface area contributed by atoms with E-state index in [9.17, 15) is 5.11 Å². The molecule has 1 nitrogen and oxygen atoms in total. The molecule has 0 amide bonds. The van der Waals surface area contributed by atoms with Crippen LogP contribution in [0.5, 0.6) is 0 Å². The summed E-state index contributed by atoms with van der Waals surface area (Å²) in [7, 11) is 0. The van der Waals surface area contributed by atoms with Crippen molar-refractivity contribution < 1.29 is 5.11 Å². The molecule has 0 rings (SSSR count). The molecule has 0 aromatic rings. The average Bonchev–Trinajstić information content (AvgIpc) is 2.09. The largest absolute Gasteiger partial charge is 0.393 e. The number of rotatable bonds is 4. The van der Waals surface area contributed by atoms with Crippen LogP contribution in [-0.4, -0.2) is 11.2 Å². The topological polar surface area (TPSA) is 20.2 Å². The number of hydrogen-bond acceptors (Lipinski definition) is 1. The predicted octanol–water partition coefficient (Wildman–Crippen LogP) is 4.49. The number of hydrogen-bond donors (Lipinski definition) is 1. The van der Waals surface area contributed by atoms with E-state index in [0.717, 1.165) is 12.8 Å². The van der Waals surface area contributed by atoms with Crippen molar-refractivity contribution in [2.45, 2.75) is 74.3 Å². The molecule has 98 valence electrons. The van der Waals surface area contributed by atoms with E-state index in [0.29, 0.717) is 17.3 Å². The van der Waals surface area contributed by atoms with Gasteiger partial charge in [0.15, 0.2) is 0 Å². The van der Waals surface area contributed by atoms with Gasteiger partial charge in [0.05, 0.1) is 6.10 Å². The minimum atomic E-state index is -0.144. The highest BCUT2D eigenvalue weighted by Gasteiger charge is 2.36. The highest BCUT2D eigenvalue weighted by atomic mass is 16.3. The van der Waals surface area contributed by atoms with Crippen LogP contribution in [0.4, 0.5) is 0 Å². The van der Waals surface area contributed by atoms with E-state index < -0.39 is 0 Å². The van der Waals surface area contributed by atoms with Gasteiger partial charge in [-0.15, -0.1) is 0 Å². The molecule has 16 heavy (non-hydrogen) atoms. The Morgan fingerprint density at radius 1 is 0.938 bits per heavy atom. The maximum Gasteiger partial charge on any atom is 0.0540 e. The van der Waals surface area contributed by atoms with Crippen molar-refractivity contribution in [2.24, 2.45) is 22.7 Å². The molecule has 0 spiro atoms. The Kier molecular flexibility index (Phi) is 5.52. The highest BCUT2D eigenvalue weighted by molar-refractivity contribution is 4.86. The first-order chi connectivity index (χ1) is 7.00. The van der Waals surface area contributed by atoms with Crippen molar-refractivity contribution in [3.63, 3.8) is 0 Å². The van der Waals surface area contributed by atoms with Gasteiger partial charge in [-0.05, 0) is 35.5 Å². The van der Waals surface area contributed by atoms with E-state index in [-0.39, 0.29) is 11.5 Å². The van der Waals surface area contributed by atoms with Crippen molar-refractivity contribution in [3.8, 4) is 0 Å². The Balaban J connectivity index is 4.82. The predicted molar refractivity (Wildman–Crippen MR) is 72.5 cm³/mol. The summed E-state index contributed by atoms with van der Waals surface area (Å²) in [6, 6.07) is 0. The summed E-state index contributed by atoms with van der Waals surface area (Å²) in [6.45, 7) is 18.2. The van der Waals surface area contributed by atoms with Gasteiger partial charge in [0.25, 0.3) is 0 Å². The zero-order valence-electron chi connectivity index (χ0n) is 12.6. The zero-order valence-corrected chi connectivity index (χ0v) is 12.6. The minimum absolute atomic E-state index is 0.144. The molecule has 1 heteroatoms. The molecule has 0 bridgehead atoms. The molecular weight excluding hydrogens is 196 g/mol. The second-order valence-corrected chi connectivity index (χ2v) is 7.42. The molecular formula is C15H32O. The molecule has 0 aliphatic rings. The Morgan fingerprint density at radius 3 is 1.62 bits per heavy atom. The van der Waals surface area contributed by atoms with Crippen molar-refractivity contribution in [1.29, 1.82) is 0 Å². The molecule has 0 heterocycles. The summed E-state index contributed by atoms with van der Waals surface area (Å²) in [6.07, 6.45) is 1.65. The molecule has 0 saturated heterocycles. The van der Waals surface area contributed by atoms with E-state index in [1.54, 1.807) is 0 Å². The van der Waals surface area contributed by atoms with Crippen LogP contribution in [0.3, 0.4) is 0 Å². The lowest BCUT2D eigenvalue weighted by Crippen LogP contribution is -2.36. The fourth-order valence-corrected chi connectivity index (χ4v) is 2.37. The van der Waals surface area contributed by atoms with Gasteiger partial charge in [-0.1, -0.05) is 55.4 Å². The lowest BCUT2D eigenvalue weighted by Gasteiger charge is -2.43. The van der Waals surface area contributed by atoms with E-state index in [1.807, 2.05) is 0 Å². The molecule has 0 saturated carbocycles. The van der Waals surface area contributed by atoms with Crippen LogP contribution < -0.4 is 0 Å². The van der Waals surface area contributed by atoms with Crippen molar-refractivity contribution >= 4 is 0 Å². The third-order valence-corrected chi connectivity index (χ3v) is 4.08. The lowest BCUT2D eigenvalue weighted by molar-refractivity contribution is 0.0312. The third-order valence-electron chi connectivity index (χ3n) is 4.08. The van der Waals surface area contributed by atoms with Gasteiger partial charge in [-0.3, -0.25) is 0 Å². The zero-order chi connectivity index (χ0) is 13.1. The molecule has 0 aliphatic carbocycles. The molecule has 2 unspecified atom stereocenters. The van der Waals surface area contributed by atoms with Crippen LogP contribution in [-0.2, 0) is 0 Å². The monoisotopic (exact) mass is 228 g/mol. The third kappa shape index (κ3) is 4.86. The van der Waals surface area contributed by atoms with Crippen LogP contribution in [0.25, 0.3) is 0 Å². The van der Waals surface area contributed by atoms with Gasteiger partial charge < -0.3 is 5.11 Å². The summed E-state index contributed by atoms with van der Waals surface area (Å²) in [5, 5.41) is 9.91. The minimum Gasteiger partial charge on any atom is -0.393 e. The Hall–Kier alpha value is -0.0400. The Morgan fingerprint density at radius 2 is 1.38 bits per heavy atom. The fourth-order valence-electron chi connectivity index (χ4n) is 2.37. The molecule has 1 N–H and O–H groups in total. The van der Waals surface area contributed by atoms with Crippen LogP contribution in [0.15, 0.2) is 0 Å². The fraction of sp³-hybridized carbons (Fsp3) is 1.00. The summed E-state index contributed by atoms with van der Waals surface area (Å²) in [5.74, 6) is 1.19. The standard InChI is InChI=1S/C15H32O/c1-9-12(16)10-13(15(6,7)8)11(2)14(3,4)5/h11-13,16H,9-10H2,1-8H3/t11-,12?,13?/m0/s1. The first-order valence-electron chi connectivity index (χ1n) is 6.68. The first kappa shape index (κ1) is 16.0. The van der Waals surface area contributed by atoms with E-state index in [2.05, 4.69) is 55.4 Å². The van der Waals surface area contributed by atoms with Crippen LogP contribution in [0.1, 0.15) is 68.2 Å². The summed E-state index contributed by atoms with van der Waals surface area (Å²) in [5.41, 5.74) is 0.578. The quantitative estimate of drug-likeness (QED) is 0.751. The van der Waals surface area contributed by atoms with E-state index >= 15 is 0 Å². The van der Waals surface area contributed by atoms with E-state index in [4.69, 9.17) is 0 Å². The van der Waals surface area contributed by atoms with Crippen molar-refractivity contribution in [3.05, 3.63) is 0 Å². The highest BCUT2D eigenvalue weighted by Crippen LogP contribution is 2.43. The van der Waals surface area contributed by atoms with E-state index in [1.165, 1.54) is 0 Å². The summed E-state index contributed by atoms with van der Waals surface area (Å²) in [4.78, 5) is 0. The van der Waals surface area contributed by atoms with Gasteiger partial charge in [0.2, 0.25) is 0 Å². The van der Waals surface area contributed by atoms with Gasteiger partial charge in [0, 0.05) is 0 Å². The molecule has 0 aromatic heterocycles. The van der Waals surface area contributed by atoms with Gasteiger partial charge in [-0.25, -0.2) is 0 Å². The second kappa shape index (κ2) is 5.53. The summed E-state index contributed by atoms with van der Waals surface area (Å²) < 4.78 is 0. The normalized spacial score (nSPS) is 19.3. The first-order valence-corrected chi connectivity index (χ1v) is 6.68. The van der Waals surface area contributed by atoms with Crippen LogP contribution in [0, 0.1) is 22.7 Å². The van der Waals surface area contributed by atoms with Crippen LogP contribution >= 0.6 is 0 Å². The van der Waals surface area contributed by atoms with Gasteiger partial charge in [0.1, 0.15) is 0 Å². The molecule has 0 radical (unpaired) electrons. The Labute approximate surface area is 103 Å². The molecule has 3 atom stereocenters.